The molecule has 0 aliphatic carbocycles. The number of hydrogen-bond donors (Lipinski definition) is 3. The molecule has 0 saturated heterocycles. The molecule has 5 heteroatoms. The van der Waals surface area contributed by atoms with E-state index in [0.717, 1.165) is 32.6 Å². The van der Waals surface area contributed by atoms with Gasteiger partial charge in [0.1, 0.15) is 0 Å². The van der Waals surface area contributed by atoms with Gasteiger partial charge in [-0.2, -0.15) is 0 Å². The Morgan fingerprint density at radius 1 is 0.952 bits per heavy atom. The molecule has 0 fully saturated rings. The van der Waals surface area contributed by atoms with E-state index >= 15 is 0 Å². The Kier molecular flexibility index (Phi) is 36.5. The summed E-state index contributed by atoms with van der Waals surface area (Å²) < 4.78 is 0. The predicted molar refractivity (Wildman–Crippen MR) is 93.5 cm³/mol. The van der Waals surface area contributed by atoms with E-state index in [2.05, 4.69) is 33.0 Å². The zero-order valence-electron chi connectivity index (χ0n) is 13.3. The molecule has 0 aromatic heterocycles. The summed E-state index contributed by atoms with van der Waals surface area (Å²) in [6, 6.07) is 0.812. The minimum Gasteiger partial charge on any atom is -0.481 e. The van der Waals surface area contributed by atoms with Gasteiger partial charge < -0.3 is 16.2 Å². The lowest BCUT2D eigenvalue weighted by Gasteiger charge is -2.11. The number of rotatable bonds is 5. The van der Waals surface area contributed by atoms with Crippen LogP contribution in [0.15, 0.2) is 0 Å². The van der Waals surface area contributed by atoms with Crippen LogP contribution in [0, 0.1) is 0 Å². The van der Waals surface area contributed by atoms with Crippen LogP contribution in [0.4, 0.5) is 0 Å². The second-order valence-electron chi connectivity index (χ2n) is 4.31. The third-order valence-electron chi connectivity index (χ3n) is 2.44. The van der Waals surface area contributed by atoms with Crippen LogP contribution in [0.3, 0.4) is 0 Å². The summed E-state index contributed by atoms with van der Waals surface area (Å²) in [6.07, 6.45) is 4.26. The highest BCUT2D eigenvalue weighted by Crippen LogP contribution is 1.94. The van der Waals surface area contributed by atoms with Crippen LogP contribution in [0.25, 0.3) is 0 Å². The van der Waals surface area contributed by atoms with Crippen molar-refractivity contribution < 1.29 is 14.7 Å². The minimum atomic E-state index is -0.833. The van der Waals surface area contributed by atoms with Gasteiger partial charge in [-0.15, -0.1) is 0 Å². The normalized spacial score (nSPS) is 8.24. The van der Waals surface area contributed by atoms with Crippen LogP contribution in [-0.4, -0.2) is 29.1 Å². The summed E-state index contributed by atoms with van der Waals surface area (Å²) in [6.45, 7) is 11.0. The van der Waals surface area contributed by atoms with Crippen LogP contribution in [0.5, 0.6) is 0 Å². The van der Waals surface area contributed by atoms with Crippen molar-refractivity contribution in [3.8, 4) is 0 Å². The second-order valence-corrected chi connectivity index (χ2v) is 4.31. The molecule has 4 N–H and O–H groups in total. The Hall–Kier alpha value is -1.10. The van der Waals surface area contributed by atoms with Crippen molar-refractivity contribution in [1.29, 1.82) is 0 Å². The van der Waals surface area contributed by atoms with Crippen LogP contribution in [0.1, 0.15) is 82.1 Å². The number of carboxylic acids is 1. The van der Waals surface area contributed by atoms with Gasteiger partial charge >= 0.3 is 0 Å². The van der Waals surface area contributed by atoms with E-state index in [1.54, 1.807) is 6.92 Å². The highest BCUT2D eigenvalue weighted by atomic mass is 16.4. The molecule has 0 aliphatic rings. The van der Waals surface area contributed by atoms with Crippen molar-refractivity contribution in [3.05, 3.63) is 0 Å². The number of aliphatic carboxylic acids is 1. The van der Waals surface area contributed by atoms with Gasteiger partial charge in [-0.1, -0.05) is 42.5 Å². The lowest BCUT2D eigenvalue weighted by Crippen LogP contribution is -2.31. The quantitative estimate of drug-likeness (QED) is 0.720. The number of carbonyl (C=O) groups is 2. The highest BCUT2D eigenvalue weighted by molar-refractivity contribution is 5.73. The zero-order chi connectivity index (χ0) is 15.8. The molecule has 0 aromatic carbocycles. The highest BCUT2D eigenvalue weighted by Gasteiger charge is 2.01. The molecule has 0 unspecified atom stereocenters. The van der Waals surface area contributed by atoms with Crippen molar-refractivity contribution in [2.24, 2.45) is 5.73 Å². The summed E-state index contributed by atoms with van der Waals surface area (Å²) in [5, 5.41) is 10.3. The number of amides is 1. The molecule has 0 aliphatic heterocycles. The van der Waals surface area contributed by atoms with Crippen molar-refractivity contribution in [3.63, 3.8) is 0 Å². The fourth-order valence-corrected chi connectivity index (χ4v) is 1.07. The van der Waals surface area contributed by atoms with Crippen LogP contribution >= 0.6 is 0 Å². The molecule has 21 heavy (non-hydrogen) atoms. The number of hydrogen-bond acceptors (Lipinski definition) is 3. The number of carboxylic acid groups (broad SMARTS) is 1. The maximum absolute atomic E-state index is 10.5. The summed E-state index contributed by atoms with van der Waals surface area (Å²) in [7, 11) is 0. The summed E-state index contributed by atoms with van der Waals surface area (Å²) in [4.78, 5) is 19.5. The number of carbonyl (C=O) groups excluding carboxylic acids is 1. The van der Waals surface area contributed by atoms with E-state index in [0.29, 0.717) is 12.1 Å². The molecule has 0 spiro atoms. The lowest BCUT2D eigenvalue weighted by atomic mass is 10.2. The molecule has 0 aromatic rings. The Balaban J connectivity index is -0.0000000627. The topological polar surface area (TPSA) is 92.4 Å². The van der Waals surface area contributed by atoms with E-state index in [9.17, 15) is 4.79 Å². The predicted octanol–water partition coefficient (Wildman–Crippen LogP) is 3.81. The zero-order valence-corrected chi connectivity index (χ0v) is 13.3. The summed E-state index contributed by atoms with van der Waals surface area (Å²) >= 11 is 0. The third kappa shape index (κ3) is 45.4. The molecule has 0 heterocycles. The van der Waals surface area contributed by atoms with Gasteiger partial charge in [0.2, 0.25) is 5.91 Å². The van der Waals surface area contributed by atoms with E-state index in [-0.39, 0.29) is 20.8 Å². The Labute approximate surface area is 132 Å². The minimum absolute atomic E-state index is 0. The summed E-state index contributed by atoms with van der Waals surface area (Å²) in [5.41, 5.74) is 5.47. The van der Waals surface area contributed by atoms with Crippen molar-refractivity contribution in [1.82, 2.24) is 5.32 Å². The van der Waals surface area contributed by atoms with Crippen molar-refractivity contribution in [2.45, 2.75) is 94.2 Å². The molecule has 1 amide bonds. The van der Waals surface area contributed by atoms with Crippen molar-refractivity contribution in [2.75, 3.05) is 0 Å². The average Bonchev–Trinajstić information content (AvgIpc) is 2.34. The third-order valence-corrected chi connectivity index (χ3v) is 2.44. The van der Waals surface area contributed by atoms with Gasteiger partial charge in [0.15, 0.2) is 0 Å². The Morgan fingerprint density at radius 2 is 1.24 bits per heavy atom. The van der Waals surface area contributed by atoms with Crippen LogP contribution < -0.4 is 11.1 Å². The smallest absolute Gasteiger partial charge is 0.300 e. The first-order valence-corrected chi connectivity index (χ1v) is 6.97. The van der Waals surface area contributed by atoms with Crippen molar-refractivity contribution >= 4 is 11.9 Å². The average molecular weight is 309 g/mol. The van der Waals surface area contributed by atoms with E-state index < -0.39 is 5.97 Å². The molecule has 0 atom stereocenters. The standard InChI is InChI=1S/C7H15NO.C5H13N.C2H4O2.2CH4/c1-4-7(5-2)8-6(3)9;1-3-5(6)4-2;1-2(3)4;;/h7H,4-5H2,1-3H3,(H,8,9);5H,3-4,6H2,1-2H3;1H3,(H,3,4);2*1H4. The molecule has 0 rings (SSSR count). The van der Waals surface area contributed by atoms with E-state index in [1.807, 2.05) is 0 Å². The van der Waals surface area contributed by atoms with Gasteiger partial charge in [0.25, 0.3) is 5.97 Å². The first-order valence-electron chi connectivity index (χ1n) is 6.97. The first-order chi connectivity index (χ1) is 8.74. The Morgan fingerprint density at radius 3 is 1.29 bits per heavy atom. The summed E-state index contributed by atoms with van der Waals surface area (Å²) in [5.74, 6) is -0.760. The monoisotopic (exact) mass is 308 g/mol. The molecular weight excluding hydrogens is 268 g/mol. The van der Waals surface area contributed by atoms with Gasteiger partial charge in [0.05, 0.1) is 0 Å². The van der Waals surface area contributed by atoms with Crippen LogP contribution in [0.2, 0.25) is 0 Å². The number of nitrogens with two attached hydrogens (primary N) is 1. The fraction of sp³-hybridized carbons (Fsp3) is 0.875. The van der Waals surface area contributed by atoms with E-state index in [1.165, 1.54) is 0 Å². The molecule has 5 nitrogen and oxygen atoms in total. The molecule has 132 valence electrons. The first kappa shape index (κ1) is 32.0. The maximum atomic E-state index is 10.5. The van der Waals surface area contributed by atoms with Gasteiger partial charge in [-0.25, -0.2) is 0 Å². The van der Waals surface area contributed by atoms with Gasteiger partial charge in [-0.3, -0.25) is 9.59 Å². The largest absolute Gasteiger partial charge is 0.481 e. The molecule has 0 radical (unpaired) electrons. The molecule has 0 bridgehead atoms. The molecular formula is C16H40N2O3. The van der Waals surface area contributed by atoms with E-state index in [4.69, 9.17) is 15.6 Å². The lowest BCUT2D eigenvalue weighted by molar-refractivity contribution is -0.134. The SMILES string of the molecule is C.C.CC(=O)O.CCC(CC)NC(C)=O.CCC(N)CC. The van der Waals surface area contributed by atoms with Crippen LogP contribution in [-0.2, 0) is 9.59 Å². The second kappa shape index (κ2) is 24.0. The maximum Gasteiger partial charge on any atom is 0.300 e. The van der Waals surface area contributed by atoms with Gasteiger partial charge in [-0.05, 0) is 25.7 Å². The number of nitrogens with one attached hydrogen (secondary N) is 1. The molecule has 0 saturated carbocycles. The Bertz CT molecular complexity index is 210. The van der Waals surface area contributed by atoms with Gasteiger partial charge in [0, 0.05) is 25.9 Å². The fourth-order valence-electron chi connectivity index (χ4n) is 1.07.